The molecule has 1 atom stereocenters. The summed E-state index contributed by atoms with van der Waals surface area (Å²) in [6, 6.07) is 16.6. The number of nitrogens with zero attached hydrogens (tertiary/aromatic N) is 3. The Morgan fingerprint density at radius 1 is 1.15 bits per heavy atom. The highest BCUT2D eigenvalue weighted by atomic mass is 32.1. The Morgan fingerprint density at radius 3 is 2.35 bits per heavy atom. The van der Waals surface area contributed by atoms with Gasteiger partial charge in [0.05, 0.1) is 18.9 Å². The molecule has 0 aliphatic carbocycles. The van der Waals surface area contributed by atoms with E-state index in [4.69, 9.17) is 22.1 Å². The minimum atomic E-state index is 0.0735. The molecule has 0 radical (unpaired) electrons. The van der Waals surface area contributed by atoms with Crippen LogP contribution in [-0.4, -0.2) is 44.1 Å². The van der Waals surface area contributed by atoms with Crippen LogP contribution in [-0.2, 0) is 0 Å². The maximum atomic E-state index is 5.47. The van der Waals surface area contributed by atoms with E-state index in [1.54, 1.807) is 7.11 Å². The van der Waals surface area contributed by atoms with Crippen LogP contribution in [0.3, 0.4) is 0 Å². The number of methoxy groups -OCH3 is 1. The van der Waals surface area contributed by atoms with Crippen molar-refractivity contribution in [1.82, 2.24) is 10.3 Å². The van der Waals surface area contributed by atoms with Crippen molar-refractivity contribution in [3.63, 3.8) is 0 Å². The van der Waals surface area contributed by atoms with Crippen molar-refractivity contribution in [1.29, 1.82) is 0 Å². The molecule has 3 rings (SSSR count). The van der Waals surface area contributed by atoms with E-state index in [-0.39, 0.29) is 6.04 Å². The number of thiocarbonyl (C=S) groups is 1. The number of nitrogens with one attached hydrogen (secondary N) is 1. The number of hydrazone groups is 1. The van der Waals surface area contributed by atoms with Crippen LogP contribution in [0.1, 0.15) is 23.6 Å². The quantitative estimate of drug-likeness (QED) is 0.838. The zero-order chi connectivity index (χ0) is 18.7. The Hall–Kier alpha value is -2.60. The molecule has 0 spiro atoms. The molecule has 0 bridgehead atoms. The van der Waals surface area contributed by atoms with Crippen molar-refractivity contribution >= 4 is 28.7 Å². The fraction of sp³-hybridized carbons (Fsp3) is 0.300. The van der Waals surface area contributed by atoms with Gasteiger partial charge >= 0.3 is 0 Å². The molecule has 6 heteroatoms. The van der Waals surface area contributed by atoms with Gasteiger partial charge in [-0.3, -0.25) is 0 Å². The third-order valence-electron chi connectivity index (χ3n) is 4.55. The largest absolute Gasteiger partial charge is 0.497 e. The van der Waals surface area contributed by atoms with Crippen molar-refractivity contribution in [3.8, 4) is 5.75 Å². The molecule has 136 valence electrons. The van der Waals surface area contributed by atoms with Gasteiger partial charge in [-0.1, -0.05) is 24.3 Å². The van der Waals surface area contributed by atoms with Gasteiger partial charge in [0.2, 0.25) is 0 Å². The van der Waals surface area contributed by atoms with E-state index < -0.39 is 0 Å². The molecule has 5 nitrogen and oxygen atoms in total. The van der Waals surface area contributed by atoms with E-state index in [2.05, 4.69) is 46.6 Å². The Labute approximate surface area is 160 Å². The van der Waals surface area contributed by atoms with Crippen molar-refractivity contribution in [2.75, 3.05) is 33.2 Å². The van der Waals surface area contributed by atoms with Crippen molar-refractivity contribution in [3.05, 3.63) is 59.7 Å². The van der Waals surface area contributed by atoms with Crippen LogP contribution in [0.15, 0.2) is 53.6 Å². The Morgan fingerprint density at radius 2 is 1.81 bits per heavy atom. The summed E-state index contributed by atoms with van der Waals surface area (Å²) in [6.07, 6.45) is 0.801. The highest BCUT2D eigenvalue weighted by Crippen LogP contribution is 2.33. The minimum Gasteiger partial charge on any atom is -0.497 e. The molecule has 1 N–H and O–H groups in total. The average molecular weight is 369 g/mol. The highest BCUT2D eigenvalue weighted by molar-refractivity contribution is 7.80. The van der Waals surface area contributed by atoms with Crippen LogP contribution in [0, 0.1) is 0 Å². The van der Waals surface area contributed by atoms with Gasteiger partial charge in [0.15, 0.2) is 5.11 Å². The number of benzene rings is 2. The molecular weight excluding hydrogens is 344 g/mol. The molecule has 0 aromatic heterocycles. The summed E-state index contributed by atoms with van der Waals surface area (Å²) in [4.78, 5) is 2.09. The fourth-order valence-corrected chi connectivity index (χ4v) is 3.19. The lowest BCUT2D eigenvalue weighted by Crippen LogP contribution is -2.34. The van der Waals surface area contributed by atoms with Crippen molar-refractivity contribution < 1.29 is 4.74 Å². The van der Waals surface area contributed by atoms with Crippen LogP contribution in [0.25, 0.3) is 0 Å². The SMILES string of the molecule is CNC(=S)N1N=C(c2ccc(N(C)C)cc2)CC1c1ccc(OC)cc1. The van der Waals surface area contributed by atoms with Crippen LogP contribution in [0.4, 0.5) is 5.69 Å². The molecule has 1 aliphatic rings. The molecule has 1 aliphatic heterocycles. The highest BCUT2D eigenvalue weighted by Gasteiger charge is 2.31. The monoisotopic (exact) mass is 368 g/mol. The van der Waals surface area contributed by atoms with Crippen LogP contribution < -0.4 is 15.0 Å². The van der Waals surface area contributed by atoms with Crippen molar-refractivity contribution in [2.45, 2.75) is 12.5 Å². The van der Waals surface area contributed by atoms with Gasteiger partial charge in [0.1, 0.15) is 5.75 Å². The number of rotatable bonds is 4. The summed E-state index contributed by atoms with van der Waals surface area (Å²) in [6.45, 7) is 0. The van der Waals surface area contributed by atoms with Gasteiger partial charge in [-0.25, -0.2) is 5.01 Å². The van der Waals surface area contributed by atoms with E-state index in [9.17, 15) is 0 Å². The van der Waals surface area contributed by atoms with Gasteiger partial charge in [-0.15, -0.1) is 0 Å². The van der Waals surface area contributed by atoms with Crippen LogP contribution in [0.2, 0.25) is 0 Å². The predicted octanol–water partition coefficient (Wildman–Crippen LogP) is 3.42. The zero-order valence-corrected chi connectivity index (χ0v) is 16.4. The van der Waals surface area contributed by atoms with Gasteiger partial charge in [0, 0.05) is 33.3 Å². The Bertz CT molecular complexity index is 800. The second-order valence-electron chi connectivity index (χ2n) is 6.38. The summed E-state index contributed by atoms with van der Waals surface area (Å²) in [5.41, 5.74) is 4.48. The molecule has 0 amide bonds. The lowest BCUT2D eigenvalue weighted by atomic mass is 9.98. The predicted molar refractivity (Wildman–Crippen MR) is 111 cm³/mol. The second kappa shape index (κ2) is 7.74. The number of hydrogen-bond acceptors (Lipinski definition) is 4. The molecule has 2 aromatic rings. The van der Waals surface area contributed by atoms with Gasteiger partial charge < -0.3 is 15.0 Å². The first-order valence-electron chi connectivity index (χ1n) is 8.53. The van der Waals surface area contributed by atoms with Crippen LogP contribution in [0.5, 0.6) is 5.75 Å². The van der Waals surface area contributed by atoms with E-state index in [0.717, 1.165) is 29.0 Å². The molecule has 26 heavy (non-hydrogen) atoms. The van der Waals surface area contributed by atoms with E-state index in [1.165, 1.54) is 5.69 Å². The maximum absolute atomic E-state index is 5.47. The summed E-state index contributed by atoms with van der Waals surface area (Å²) in [5, 5.41) is 10.4. The molecule has 0 saturated heterocycles. The van der Waals surface area contributed by atoms with E-state index in [1.807, 2.05) is 38.3 Å². The topological polar surface area (TPSA) is 40.1 Å². The summed E-state index contributed by atoms with van der Waals surface area (Å²) in [7, 11) is 7.57. The number of ether oxygens (including phenoxy) is 1. The first-order valence-corrected chi connectivity index (χ1v) is 8.94. The normalized spacial score (nSPS) is 16.2. The lowest BCUT2D eigenvalue weighted by molar-refractivity contribution is 0.365. The fourth-order valence-electron chi connectivity index (χ4n) is 3.02. The van der Waals surface area contributed by atoms with Crippen LogP contribution >= 0.6 is 12.2 Å². The molecule has 1 heterocycles. The van der Waals surface area contributed by atoms with Gasteiger partial charge in [-0.2, -0.15) is 5.10 Å². The Balaban J connectivity index is 1.89. The summed E-state index contributed by atoms with van der Waals surface area (Å²) >= 11 is 5.47. The lowest BCUT2D eigenvalue weighted by Gasteiger charge is -2.23. The van der Waals surface area contributed by atoms with E-state index in [0.29, 0.717) is 5.11 Å². The third-order valence-corrected chi connectivity index (χ3v) is 4.94. The standard InChI is InChI=1S/C20H24N4OS/c1-21-20(26)24-19(15-7-11-17(25-4)12-8-15)13-18(22-24)14-5-9-16(10-6-14)23(2)3/h5-12,19H,13H2,1-4H3,(H,21,26). The minimum absolute atomic E-state index is 0.0735. The Kier molecular flexibility index (Phi) is 5.42. The molecule has 1 unspecified atom stereocenters. The molecule has 0 fully saturated rings. The summed E-state index contributed by atoms with van der Waals surface area (Å²) < 4.78 is 5.26. The average Bonchev–Trinajstić information content (AvgIpc) is 3.13. The molecule has 0 saturated carbocycles. The summed E-state index contributed by atoms with van der Waals surface area (Å²) in [5.74, 6) is 0.843. The maximum Gasteiger partial charge on any atom is 0.189 e. The van der Waals surface area contributed by atoms with Gasteiger partial charge in [0.25, 0.3) is 0 Å². The third kappa shape index (κ3) is 3.65. The van der Waals surface area contributed by atoms with Gasteiger partial charge in [-0.05, 0) is 47.6 Å². The van der Waals surface area contributed by atoms with Crippen molar-refractivity contribution in [2.24, 2.45) is 5.10 Å². The smallest absolute Gasteiger partial charge is 0.189 e. The zero-order valence-electron chi connectivity index (χ0n) is 15.6. The first-order chi connectivity index (χ1) is 12.5. The second-order valence-corrected chi connectivity index (χ2v) is 6.77. The number of hydrogen-bond donors (Lipinski definition) is 1. The van der Waals surface area contributed by atoms with E-state index >= 15 is 0 Å². The molecule has 2 aromatic carbocycles. The molecular formula is C20H24N4OS. The first kappa shape index (κ1) is 18.2. The number of anilines is 1.